The number of aromatic nitrogens is 1. The number of nitriles is 1. The van der Waals surface area contributed by atoms with E-state index in [1.54, 1.807) is 37.3 Å². The molecule has 0 radical (unpaired) electrons. The van der Waals surface area contributed by atoms with Crippen LogP contribution in [0.4, 0.5) is 5.69 Å². The Kier molecular flexibility index (Phi) is 8.76. The number of hydrogen-bond donors (Lipinski definition) is 1. The van der Waals surface area contributed by atoms with E-state index in [1.807, 2.05) is 91.0 Å². The molecule has 4 aromatic carbocycles. The molecule has 7 heteroatoms. The molecule has 206 valence electrons. The molecule has 0 aliphatic carbocycles. The third-order valence-corrected chi connectivity index (χ3v) is 7.08. The summed E-state index contributed by atoms with van der Waals surface area (Å²) in [6, 6.07) is 38.1. The first-order valence-electron chi connectivity index (χ1n) is 13.3. The minimum absolute atomic E-state index is 0.0375. The Morgan fingerprint density at radius 3 is 2.10 bits per heavy atom. The van der Waals surface area contributed by atoms with E-state index >= 15 is 0 Å². The molecule has 6 nitrogen and oxygen atoms in total. The van der Waals surface area contributed by atoms with Gasteiger partial charge in [-0.3, -0.25) is 4.79 Å². The second kappa shape index (κ2) is 13.0. The maximum absolute atomic E-state index is 13.2. The summed E-state index contributed by atoms with van der Waals surface area (Å²) in [4.78, 5) is 25.5. The third kappa shape index (κ3) is 6.25. The van der Waals surface area contributed by atoms with Gasteiger partial charge in [-0.15, -0.1) is 0 Å². The Balaban J connectivity index is 1.69. The van der Waals surface area contributed by atoms with Crippen molar-refractivity contribution >= 4 is 39.6 Å². The van der Waals surface area contributed by atoms with Gasteiger partial charge in [-0.05, 0) is 78.7 Å². The topological polar surface area (TPSA) is 84.1 Å². The Morgan fingerprint density at radius 1 is 0.881 bits per heavy atom. The summed E-state index contributed by atoms with van der Waals surface area (Å²) in [5.74, 6) is -0.895. The van der Waals surface area contributed by atoms with E-state index in [4.69, 9.17) is 4.74 Å². The number of hydrogen-bond acceptors (Lipinski definition) is 4. The van der Waals surface area contributed by atoms with Crippen LogP contribution in [0.5, 0.6) is 0 Å². The number of amides is 1. The van der Waals surface area contributed by atoms with Gasteiger partial charge in [-0.2, -0.15) is 5.26 Å². The highest BCUT2D eigenvalue weighted by Crippen LogP contribution is 2.37. The molecular formula is C35H26BrN3O3. The number of halogens is 1. The lowest BCUT2D eigenvalue weighted by Gasteiger charge is -2.15. The Labute approximate surface area is 252 Å². The highest BCUT2D eigenvalue weighted by molar-refractivity contribution is 9.10. The summed E-state index contributed by atoms with van der Waals surface area (Å²) >= 11 is 3.39. The molecule has 0 aliphatic heterocycles. The number of esters is 1. The van der Waals surface area contributed by atoms with Crippen LogP contribution in [0.15, 0.2) is 125 Å². The maximum Gasteiger partial charge on any atom is 0.338 e. The number of nitrogens with zero attached hydrogens (tertiary/aromatic N) is 2. The van der Waals surface area contributed by atoms with Crippen LogP contribution >= 0.6 is 15.9 Å². The van der Waals surface area contributed by atoms with E-state index in [0.717, 1.165) is 32.7 Å². The van der Waals surface area contributed by atoms with E-state index in [1.165, 1.54) is 0 Å². The Morgan fingerprint density at radius 2 is 1.50 bits per heavy atom. The van der Waals surface area contributed by atoms with Crippen molar-refractivity contribution in [3.05, 3.63) is 136 Å². The van der Waals surface area contributed by atoms with Gasteiger partial charge in [-0.1, -0.05) is 76.6 Å². The standard InChI is InChI=1S/C35H26BrN3O3/c1-2-42-35(41)26-13-19-31(20-14-26)39-32(24-9-5-3-6-10-24)22-27(33(39)25-11-7-4-8-12-25)21-28(23-37)34(40)38-30-17-15-29(36)16-18-30/h3-22H,2H2,1H3,(H,38,40)/b28-21+. The summed E-state index contributed by atoms with van der Waals surface area (Å²) in [6.45, 7) is 2.06. The monoisotopic (exact) mass is 615 g/mol. The minimum atomic E-state index is -0.508. The molecule has 42 heavy (non-hydrogen) atoms. The third-order valence-electron chi connectivity index (χ3n) is 6.55. The van der Waals surface area contributed by atoms with Crippen molar-refractivity contribution in [3.8, 4) is 34.3 Å². The first kappa shape index (κ1) is 28.3. The zero-order chi connectivity index (χ0) is 29.5. The highest BCUT2D eigenvalue weighted by atomic mass is 79.9. The van der Waals surface area contributed by atoms with Gasteiger partial charge < -0.3 is 14.6 Å². The Bertz CT molecular complexity index is 1790. The summed E-state index contributed by atoms with van der Waals surface area (Å²) < 4.78 is 8.13. The van der Waals surface area contributed by atoms with Crippen LogP contribution in [0.3, 0.4) is 0 Å². The van der Waals surface area contributed by atoms with Gasteiger partial charge >= 0.3 is 5.97 Å². The van der Waals surface area contributed by atoms with Gasteiger partial charge in [0.05, 0.1) is 23.6 Å². The number of carbonyl (C=O) groups is 2. The lowest BCUT2D eigenvalue weighted by Crippen LogP contribution is -2.13. The maximum atomic E-state index is 13.2. The predicted molar refractivity (Wildman–Crippen MR) is 169 cm³/mol. The van der Waals surface area contributed by atoms with Crippen molar-refractivity contribution in [2.75, 3.05) is 11.9 Å². The fraction of sp³-hybridized carbons (Fsp3) is 0.0571. The number of anilines is 1. The van der Waals surface area contributed by atoms with Crippen molar-refractivity contribution < 1.29 is 14.3 Å². The van der Waals surface area contributed by atoms with Crippen LogP contribution in [0.1, 0.15) is 22.8 Å². The SMILES string of the molecule is CCOC(=O)c1ccc(-n2c(-c3ccccc3)cc(/C=C(\C#N)C(=O)Nc3ccc(Br)cc3)c2-c2ccccc2)cc1. The summed E-state index contributed by atoms with van der Waals surface area (Å²) in [5, 5.41) is 12.9. The number of ether oxygens (including phenoxy) is 1. The molecule has 0 saturated heterocycles. The average molecular weight is 617 g/mol. The largest absolute Gasteiger partial charge is 0.462 e. The molecule has 1 aromatic heterocycles. The number of nitrogens with one attached hydrogen (secondary N) is 1. The molecule has 1 amide bonds. The fourth-order valence-electron chi connectivity index (χ4n) is 4.62. The molecule has 0 aliphatic rings. The van der Waals surface area contributed by atoms with Gasteiger partial charge in [0.2, 0.25) is 0 Å². The van der Waals surface area contributed by atoms with Gasteiger partial charge in [0.1, 0.15) is 11.6 Å². The van der Waals surface area contributed by atoms with Crippen molar-refractivity contribution in [2.45, 2.75) is 6.92 Å². The molecule has 0 fully saturated rings. The van der Waals surface area contributed by atoms with Crippen molar-refractivity contribution in [1.29, 1.82) is 5.26 Å². The van der Waals surface area contributed by atoms with Crippen molar-refractivity contribution in [1.82, 2.24) is 4.57 Å². The normalized spacial score (nSPS) is 11.0. The van der Waals surface area contributed by atoms with Crippen LogP contribution in [-0.2, 0) is 9.53 Å². The summed E-state index contributed by atoms with van der Waals surface area (Å²) in [7, 11) is 0. The summed E-state index contributed by atoms with van der Waals surface area (Å²) in [6.07, 6.45) is 1.62. The van der Waals surface area contributed by atoms with E-state index < -0.39 is 5.91 Å². The first-order valence-corrected chi connectivity index (χ1v) is 14.1. The number of carbonyl (C=O) groups excluding carboxylic acids is 2. The van der Waals surface area contributed by atoms with E-state index in [-0.39, 0.29) is 11.5 Å². The lowest BCUT2D eigenvalue weighted by molar-refractivity contribution is -0.112. The lowest BCUT2D eigenvalue weighted by atomic mass is 10.0. The molecule has 0 spiro atoms. The number of rotatable bonds is 8. The van der Waals surface area contributed by atoms with Crippen LogP contribution < -0.4 is 5.32 Å². The fourth-order valence-corrected chi connectivity index (χ4v) is 4.88. The molecule has 0 atom stereocenters. The molecule has 0 bridgehead atoms. The van der Waals surface area contributed by atoms with Gasteiger partial charge in [0, 0.05) is 21.4 Å². The van der Waals surface area contributed by atoms with E-state index in [0.29, 0.717) is 23.4 Å². The van der Waals surface area contributed by atoms with E-state index in [9.17, 15) is 14.9 Å². The first-order chi connectivity index (χ1) is 20.5. The Hall–Kier alpha value is -5.19. The van der Waals surface area contributed by atoms with Crippen LogP contribution in [0.25, 0.3) is 34.3 Å². The average Bonchev–Trinajstić information content (AvgIpc) is 3.41. The second-order valence-electron chi connectivity index (χ2n) is 9.30. The quantitative estimate of drug-likeness (QED) is 0.108. The molecule has 1 N–H and O–H groups in total. The molecule has 0 saturated carbocycles. The predicted octanol–water partition coefficient (Wildman–Crippen LogP) is 8.30. The second-order valence-corrected chi connectivity index (χ2v) is 10.2. The van der Waals surface area contributed by atoms with Gasteiger partial charge in [-0.25, -0.2) is 4.79 Å². The summed E-state index contributed by atoms with van der Waals surface area (Å²) in [5.41, 5.74) is 5.98. The molecule has 1 heterocycles. The van der Waals surface area contributed by atoms with Crippen LogP contribution in [0.2, 0.25) is 0 Å². The van der Waals surface area contributed by atoms with Crippen LogP contribution in [0, 0.1) is 11.3 Å². The molecule has 0 unspecified atom stereocenters. The van der Waals surface area contributed by atoms with Crippen molar-refractivity contribution in [3.63, 3.8) is 0 Å². The minimum Gasteiger partial charge on any atom is -0.462 e. The van der Waals surface area contributed by atoms with Crippen molar-refractivity contribution in [2.24, 2.45) is 0 Å². The molecular weight excluding hydrogens is 590 g/mol. The van der Waals surface area contributed by atoms with Crippen LogP contribution in [-0.4, -0.2) is 23.1 Å². The van der Waals surface area contributed by atoms with E-state index in [2.05, 4.69) is 31.9 Å². The number of benzene rings is 4. The smallest absolute Gasteiger partial charge is 0.338 e. The zero-order valence-corrected chi connectivity index (χ0v) is 24.3. The molecule has 5 rings (SSSR count). The zero-order valence-electron chi connectivity index (χ0n) is 22.8. The van der Waals surface area contributed by atoms with Gasteiger partial charge in [0.15, 0.2) is 0 Å². The van der Waals surface area contributed by atoms with Gasteiger partial charge in [0.25, 0.3) is 5.91 Å². The highest BCUT2D eigenvalue weighted by Gasteiger charge is 2.21. The molecule has 5 aromatic rings.